The first-order valence-corrected chi connectivity index (χ1v) is 20.0. The van der Waals surface area contributed by atoms with Gasteiger partial charge in [0.2, 0.25) is 0 Å². The van der Waals surface area contributed by atoms with E-state index in [9.17, 15) is 11.0 Å². The van der Waals surface area contributed by atoms with E-state index in [1.54, 1.807) is 29.5 Å². The predicted molar refractivity (Wildman–Crippen MR) is 251 cm³/mol. The normalized spacial score (nSPS) is 13.4. The van der Waals surface area contributed by atoms with Crippen LogP contribution in [0.15, 0.2) is 224 Å². The van der Waals surface area contributed by atoms with Gasteiger partial charge in [-0.15, -0.1) is 11.3 Å². The number of hydrogen-bond donors (Lipinski definition) is 0. The number of anilines is 3. The van der Waals surface area contributed by atoms with Crippen LogP contribution < -0.4 is 4.90 Å². The summed E-state index contributed by atoms with van der Waals surface area (Å²) in [6, 6.07) is 53.8. The lowest BCUT2D eigenvalue weighted by molar-refractivity contribution is 1.28. The van der Waals surface area contributed by atoms with E-state index < -0.39 is 12.1 Å². The van der Waals surface area contributed by atoms with Crippen LogP contribution in [0.25, 0.3) is 86.2 Å². The molecule has 0 spiro atoms. The molecule has 0 N–H and O–H groups in total. The number of fused-ring (bicyclic) bond motifs is 5. The van der Waals surface area contributed by atoms with Gasteiger partial charge in [0.1, 0.15) is 0 Å². The highest BCUT2D eigenvalue weighted by Crippen LogP contribution is 2.43. The van der Waals surface area contributed by atoms with Gasteiger partial charge in [-0.25, -0.2) is 0 Å². The van der Waals surface area contributed by atoms with E-state index in [2.05, 4.69) is 24.3 Å². The Balaban J connectivity index is 1.14. The zero-order valence-corrected chi connectivity index (χ0v) is 31.9. The van der Waals surface area contributed by atoms with Crippen molar-refractivity contribution in [1.29, 1.82) is 0 Å². The second kappa shape index (κ2) is 14.4. The maximum atomic E-state index is 9.73. The summed E-state index contributed by atoms with van der Waals surface area (Å²) < 4.78 is 79.3. The smallest absolute Gasteiger partial charge is 0.0645 e. The minimum Gasteiger partial charge on any atom is -0.310 e. The summed E-state index contributed by atoms with van der Waals surface area (Å²) >= 11 is 1.67. The highest BCUT2D eigenvalue weighted by molar-refractivity contribution is 7.26. The van der Waals surface area contributed by atoms with E-state index >= 15 is 0 Å². The van der Waals surface area contributed by atoms with Crippen LogP contribution in [0.3, 0.4) is 0 Å². The van der Waals surface area contributed by atoms with Gasteiger partial charge < -0.3 is 4.90 Å². The fraction of sp³-hybridized carbons (Fsp3) is 0. The molecule has 272 valence electrons. The SMILES string of the molecule is [2H]c1c([2H])c(N(c2cccc(-c3cccc4c3sc3ccccc34)c2)c2c([2H])c([2H])c(-c3cccc4ccccc34)c([2H])c2[2H])c([2H])c([2H])c1-c1cccc(-c2cccc3ccccc23)c1. The summed E-state index contributed by atoms with van der Waals surface area (Å²) in [4.78, 5) is 1.39. The van der Waals surface area contributed by atoms with Gasteiger partial charge in [-0.05, 0) is 114 Å². The molecule has 0 aliphatic carbocycles. The van der Waals surface area contributed by atoms with Gasteiger partial charge in [-0.2, -0.15) is 0 Å². The van der Waals surface area contributed by atoms with Gasteiger partial charge in [0.15, 0.2) is 0 Å². The number of thiophene rings is 1. The van der Waals surface area contributed by atoms with Crippen LogP contribution >= 0.6 is 11.3 Å². The first kappa shape index (κ1) is 26.6. The standard InChI is InChI=1S/C56H37NS/c1-3-20-48-39(12-1)14-9-23-50(48)41-30-34-46(35-31-41)57(47-19-8-18-44(37-47)52-25-11-26-54-53-22-5-6-27-55(53)58-56(52)54)45-32-28-38(29-33-45)42-16-7-17-43(36-42)51-24-10-15-40-13-2-4-21-49(40)51/h1-37H/i28D,29D,30D,31D,32D,33D,34D,35D. The second-order valence-electron chi connectivity index (χ2n) is 14.2. The minimum absolute atomic E-state index is 0.104. The summed E-state index contributed by atoms with van der Waals surface area (Å²) in [6.45, 7) is 0. The van der Waals surface area contributed by atoms with Crippen LogP contribution in [0, 0.1) is 0 Å². The summed E-state index contributed by atoms with van der Waals surface area (Å²) in [5.74, 6) is 0. The van der Waals surface area contributed by atoms with Crippen LogP contribution in [0.2, 0.25) is 0 Å². The monoisotopic (exact) mass is 763 g/mol. The molecule has 1 nitrogen and oxygen atoms in total. The molecule has 58 heavy (non-hydrogen) atoms. The van der Waals surface area contributed by atoms with E-state index in [-0.39, 0.29) is 58.8 Å². The molecule has 0 atom stereocenters. The van der Waals surface area contributed by atoms with Crippen molar-refractivity contribution in [2.75, 3.05) is 4.90 Å². The van der Waals surface area contributed by atoms with Gasteiger partial charge in [0.05, 0.1) is 11.0 Å². The molecule has 0 aliphatic heterocycles. The van der Waals surface area contributed by atoms with E-state index in [4.69, 9.17) is 0 Å². The van der Waals surface area contributed by atoms with Gasteiger partial charge in [-0.3, -0.25) is 0 Å². The minimum atomic E-state index is -0.395. The largest absolute Gasteiger partial charge is 0.310 e. The molecular weight excluding hydrogens is 719 g/mol. The second-order valence-corrected chi connectivity index (χ2v) is 15.3. The summed E-state index contributed by atoms with van der Waals surface area (Å²) in [7, 11) is 0. The Morgan fingerprint density at radius 3 is 1.52 bits per heavy atom. The Morgan fingerprint density at radius 2 is 0.810 bits per heavy atom. The molecule has 0 amide bonds. The van der Waals surface area contributed by atoms with Crippen LogP contribution in [0.1, 0.15) is 11.0 Å². The highest BCUT2D eigenvalue weighted by Gasteiger charge is 2.17. The molecule has 0 fully saturated rings. The fourth-order valence-electron chi connectivity index (χ4n) is 8.03. The Morgan fingerprint density at radius 1 is 0.328 bits per heavy atom. The quantitative estimate of drug-likeness (QED) is 0.156. The Labute approximate surface area is 353 Å². The van der Waals surface area contributed by atoms with Crippen molar-refractivity contribution in [3.05, 3.63) is 224 Å². The first-order chi connectivity index (χ1) is 32.1. The van der Waals surface area contributed by atoms with E-state index in [0.29, 0.717) is 16.8 Å². The van der Waals surface area contributed by atoms with Crippen molar-refractivity contribution in [2.24, 2.45) is 0 Å². The molecular formula is C56H37NS. The Bertz CT molecular complexity index is 3720. The summed E-state index contributed by atoms with van der Waals surface area (Å²) in [6.07, 6.45) is 0. The zero-order valence-electron chi connectivity index (χ0n) is 39.1. The zero-order chi connectivity index (χ0) is 45.4. The molecule has 11 rings (SSSR count). The molecule has 0 radical (unpaired) electrons. The lowest BCUT2D eigenvalue weighted by Crippen LogP contribution is -2.10. The third kappa shape index (κ3) is 6.03. The average molecular weight is 764 g/mol. The van der Waals surface area contributed by atoms with Gasteiger partial charge in [0, 0.05) is 37.2 Å². The Kier molecular flexibility index (Phi) is 6.57. The fourth-order valence-corrected chi connectivity index (χ4v) is 9.27. The van der Waals surface area contributed by atoms with Crippen molar-refractivity contribution < 1.29 is 11.0 Å². The number of rotatable bonds is 7. The number of nitrogens with zero attached hydrogens (tertiary/aromatic N) is 1. The van der Waals surface area contributed by atoms with Crippen molar-refractivity contribution in [1.82, 2.24) is 0 Å². The van der Waals surface area contributed by atoms with Crippen LogP contribution in [-0.4, -0.2) is 0 Å². The van der Waals surface area contributed by atoms with E-state index in [0.717, 1.165) is 64.0 Å². The molecule has 0 aliphatic rings. The van der Waals surface area contributed by atoms with Crippen molar-refractivity contribution >= 4 is 70.1 Å². The Hall–Kier alpha value is -7.26. The molecule has 2 heteroatoms. The molecule has 10 aromatic carbocycles. The molecule has 1 aromatic heterocycles. The predicted octanol–water partition coefficient (Wildman–Crippen LogP) is 16.5. The molecule has 0 bridgehead atoms. The lowest BCUT2D eigenvalue weighted by atomic mass is 9.95. The van der Waals surface area contributed by atoms with E-state index in [1.165, 1.54) is 4.90 Å². The van der Waals surface area contributed by atoms with Gasteiger partial charge in [-0.1, -0.05) is 176 Å². The lowest BCUT2D eigenvalue weighted by Gasteiger charge is -2.26. The van der Waals surface area contributed by atoms with Crippen LogP contribution in [-0.2, 0) is 0 Å². The summed E-state index contributed by atoms with van der Waals surface area (Å²) in [5, 5.41) is 6.00. The maximum Gasteiger partial charge on any atom is 0.0645 e. The topological polar surface area (TPSA) is 3.24 Å². The first-order valence-electron chi connectivity index (χ1n) is 23.2. The third-order valence-electron chi connectivity index (χ3n) is 10.8. The molecule has 0 saturated heterocycles. The van der Waals surface area contributed by atoms with Crippen molar-refractivity contribution in [2.45, 2.75) is 0 Å². The van der Waals surface area contributed by atoms with Crippen molar-refractivity contribution in [3.8, 4) is 44.5 Å². The molecule has 11 aromatic rings. The van der Waals surface area contributed by atoms with Crippen molar-refractivity contribution in [3.63, 3.8) is 0 Å². The number of hydrogen-bond acceptors (Lipinski definition) is 2. The van der Waals surface area contributed by atoms with E-state index in [1.807, 2.05) is 133 Å². The highest BCUT2D eigenvalue weighted by atomic mass is 32.1. The van der Waals surface area contributed by atoms with Crippen LogP contribution in [0.4, 0.5) is 17.1 Å². The summed E-state index contributed by atoms with van der Waals surface area (Å²) in [5.41, 5.74) is 4.75. The van der Waals surface area contributed by atoms with Crippen LogP contribution in [0.5, 0.6) is 0 Å². The molecule has 1 heterocycles. The molecule has 0 saturated carbocycles. The number of benzene rings is 10. The van der Waals surface area contributed by atoms with Gasteiger partial charge >= 0.3 is 0 Å². The maximum absolute atomic E-state index is 9.73. The third-order valence-corrected chi connectivity index (χ3v) is 12.0. The average Bonchev–Trinajstić information content (AvgIpc) is 3.74. The molecule has 0 unspecified atom stereocenters. The van der Waals surface area contributed by atoms with Gasteiger partial charge in [0.25, 0.3) is 0 Å².